The van der Waals surface area contributed by atoms with Crippen LogP contribution in [0.3, 0.4) is 0 Å². The normalized spacial score (nSPS) is 22.2. The number of aryl methyl sites for hydroxylation is 2. The summed E-state index contributed by atoms with van der Waals surface area (Å²) in [5.41, 5.74) is 2.68. The van der Waals surface area contributed by atoms with Gasteiger partial charge in [-0.25, -0.2) is 0 Å². The first-order valence-electron chi connectivity index (χ1n) is 11.7. The standard InChI is InChI=1S/C25H31N3O3S/c1-15-2-8-18(9-3-15)27-14-25(31)11-10-20-19(12-25)21(23(30)26-13-16-4-5-16)24(32-20)28-22(29)17-6-7-17/h2-3,8-9,16-17,27,31H,4-7,10-14H2,1H3,(H,26,30)(H,28,29). The number of aliphatic hydroxyl groups is 1. The average molecular weight is 454 g/mol. The molecule has 5 rings (SSSR count). The van der Waals surface area contributed by atoms with Gasteiger partial charge in [0.25, 0.3) is 5.91 Å². The lowest BCUT2D eigenvalue weighted by molar-refractivity contribution is -0.117. The van der Waals surface area contributed by atoms with Gasteiger partial charge in [-0.05, 0) is 69.1 Å². The van der Waals surface area contributed by atoms with E-state index in [1.807, 2.05) is 31.2 Å². The topological polar surface area (TPSA) is 90.5 Å². The van der Waals surface area contributed by atoms with Crippen molar-refractivity contribution in [3.8, 4) is 0 Å². The van der Waals surface area contributed by atoms with Crippen LogP contribution in [0.1, 0.15) is 58.5 Å². The molecule has 1 atom stereocenters. The Morgan fingerprint density at radius 2 is 1.91 bits per heavy atom. The van der Waals surface area contributed by atoms with E-state index in [9.17, 15) is 14.7 Å². The number of carbonyl (C=O) groups is 2. The molecular formula is C25H31N3O3S. The van der Waals surface area contributed by atoms with Crippen LogP contribution in [0.15, 0.2) is 24.3 Å². The van der Waals surface area contributed by atoms with E-state index in [0.29, 0.717) is 48.8 Å². The summed E-state index contributed by atoms with van der Waals surface area (Å²) in [6.07, 6.45) is 5.90. The van der Waals surface area contributed by atoms with E-state index in [1.165, 1.54) is 16.9 Å². The molecule has 2 amide bonds. The van der Waals surface area contributed by atoms with Crippen LogP contribution in [0.4, 0.5) is 10.7 Å². The second kappa shape index (κ2) is 8.52. The molecule has 2 fully saturated rings. The second-order valence-electron chi connectivity index (χ2n) is 9.75. The molecule has 6 nitrogen and oxygen atoms in total. The van der Waals surface area contributed by atoms with Crippen molar-refractivity contribution >= 4 is 33.8 Å². The quantitative estimate of drug-likeness (QED) is 0.488. The summed E-state index contributed by atoms with van der Waals surface area (Å²) < 4.78 is 0. The molecule has 3 aliphatic carbocycles. The van der Waals surface area contributed by atoms with Gasteiger partial charge in [-0.1, -0.05) is 17.7 Å². The Balaban J connectivity index is 1.35. The highest BCUT2D eigenvalue weighted by molar-refractivity contribution is 7.17. The summed E-state index contributed by atoms with van der Waals surface area (Å²) in [5, 5.41) is 21.5. The molecule has 0 bridgehead atoms. The van der Waals surface area contributed by atoms with Crippen molar-refractivity contribution in [3.05, 3.63) is 45.8 Å². The van der Waals surface area contributed by atoms with Crippen molar-refractivity contribution in [2.75, 3.05) is 23.7 Å². The lowest BCUT2D eigenvalue weighted by Gasteiger charge is -2.33. The van der Waals surface area contributed by atoms with Gasteiger partial charge in [0.1, 0.15) is 5.00 Å². The molecule has 1 heterocycles. The van der Waals surface area contributed by atoms with E-state index in [2.05, 4.69) is 16.0 Å². The predicted octanol–water partition coefficient (Wildman–Crippen LogP) is 3.88. The number of amides is 2. The molecule has 170 valence electrons. The van der Waals surface area contributed by atoms with E-state index >= 15 is 0 Å². The van der Waals surface area contributed by atoms with Gasteiger partial charge in [-0.2, -0.15) is 0 Å². The minimum Gasteiger partial charge on any atom is -0.388 e. The molecule has 3 aliphatic rings. The first-order valence-corrected chi connectivity index (χ1v) is 12.5. The zero-order valence-corrected chi connectivity index (χ0v) is 19.3. The maximum Gasteiger partial charge on any atom is 0.254 e. The zero-order valence-electron chi connectivity index (χ0n) is 18.5. The van der Waals surface area contributed by atoms with Crippen molar-refractivity contribution in [3.63, 3.8) is 0 Å². The average Bonchev–Trinajstić information content (AvgIpc) is 3.68. The van der Waals surface area contributed by atoms with Gasteiger partial charge < -0.3 is 21.1 Å². The van der Waals surface area contributed by atoms with Crippen LogP contribution in [0, 0.1) is 18.8 Å². The predicted molar refractivity (Wildman–Crippen MR) is 127 cm³/mol. The fraction of sp³-hybridized carbons (Fsp3) is 0.520. The summed E-state index contributed by atoms with van der Waals surface area (Å²) in [7, 11) is 0. The van der Waals surface area contributed by atoms with Crippen LogP contribution in [0.25, 0.3) is 0 Å². The van der Waals surface area contributed by atoms with Crippen molar-refractivity contribution in [2.24, 2.45) is 11.8 Å². The molecule has 4 N–H and O–H groups in total. The van der Waals surface area contributed by atoms with Gasteiger partial charge in [0.2, 0.25) is 5.91 Å². The molecule has 0 aliphatic heterocycles. The summed E-state index contributed by atoms with van der Waals surface area (Å²) in [5.74, 6) is 0.535. The Bertz CT molecular complexity index is 1020. The molecule has 0 spiro atoms. The van der Waals surface area contributed by atoms with Crippen LogP contribution in [0.5, 0.6) is 0 Å². The van der Waals surface area contributed by atoms with E-state index < -0.39 is 5.60 Å². The highest BCUT2D eigenvalue weighted by Gasteiger charge is 2.38. The van der Waals surface area contributed by atoms with Crippen LogP contribution in [-0.2, 0) is 17.6 Å². The van der Waals surface area contributed by atoms with E-state index in [0.717, 1.165) is 41.8 Å². The molecule has 2 aromatic rings. The zero-order chi connectivity index (χ0) is 22.3. The number of hydrogen-bond donors (Lipinski definition) is 4. The highest BCUT2D eigenvalue weighted by Crippen LogP contribution is 2.42. The molecular weight excluding hydrogens is 422 g/mol. The van der Waals surface area contributed by atoms with Crippen LogP contribution >= 0.6 is 11.3 Å². The van der Waals surface area contributed by atoms with Crippen molar-refractivity contribution < 1.29 is 14.7 Å². The molecule has 1 unspecified atom stereocenters. The van der Waals surface area contributed by atoms with Crippen molar-refractivity contribution in [2.45, 2.75) is 57.5 Å². The minimum atomic E-state index is -0.942. The smallest absolute Gasteiger partial charge is 0.254 e. The summed E-state index contributed by atoms with van der Waals surface area (Å²) in [6, 6.07) is 8.11. The first-order chi connectivity index (χ1) is 15.4. The Morgan fingerprint density at radius 3 is 2.59 bits per heavy atom. The van der Waals surface area contributed by atoms with Crippen molar-refractivity contribution in [1.29, 1.82) is 0 Å². The largest absolute Gasteiger partial charge is 0.388 e. The van der Waals surface area contributed by atoms with E-state index in [-0.39, 0.29) is 17.7 Å². The van der Waals surface area contributed by atoms with Gasteiger partial charge >= 0.3 is 0 Å². The van der Waals surface area contributed by atoms with Gasteiger partial charge in [-0.3, -0.25) is 9.59 Å². The van der Waals surface area contributed by atoms with Crippen LogP contribution in [-0.4, -0.2) is 35.6 Å². The lowest BCUT2D eigenvalue weighted by atomic mass is 9.82. The third-order valence-corrected chi connectivity index (χ3v) is 7.95. The fourth-order valence-corrected chi connectivity index (χ4v) is 5.51. The fourth-order valence-electron chi connectivity index (χ4n) is 4.29. The third-order valence-electron chi connectivity index (χ3n) is 6.75. The Kier molecular flexibility index (Phi) is 5.72. The number of thiophene rings is 1. The summed E-state index contributed by atoms with van der Waals surface area (Å²) >= 11 is 1.51. The Morgan fingerprint density at radius 1 is 1.16 bits per heavy atom. The van der Waals surface area contributed by atoms with Crippen molar-refractivity contribution in [1.82, 2.24) is 5.32 Å². The number of fused-ring (bicyclic) bond motifs is 1. The second-order valence-corrected chi connectivity index (χ2v) is 10.9. The molecule has 2 saturated carbocycles. The summed E-state index contributed by atoms with van der Waals surface area (Å²) in [4.78, 5) is 26.7. The number of benzene rings is 1. The highest BCUT2D eigenvalue weighted by atomic mass is 32.1. The molecule has 32 heavy (non-hydrogen) atoms. The van der Waals surface area contributed by atoms with E-state index in [4.69, 9.17) is 0 Å². The molecule has 0 radical (unpaired) electrons. The van der Waals surface area contributed by atoms with Gasteiger partial charge in [0.05, 0.1) is 11.2 Å². The Labute approximate surface area is 192 Å². The first kappa shape index (κ1) is 21.5. The van der Waals surface area contributed by atoms with Gasteiger partial charge in [0.15, 0.2) is 0 Å². The SMILES string of the molecule is Cc1ccc(NCC2(O)CCc3sc(NC(=O)C4CC4)c(C(=O)NCC4CC4)c3C2)cc1. The minimum absolute atomic E-state index is 0.0103. The van der Waals surface area contributed by atoms with Gasteiger partial charge in [-0.15, -0.1) is 11.3 Å². The lowest BCUT2D eigenvalue weighted by Crippen LogP contribution is -2.42. The molecule has 1 aromatic carbocycles. The number of carbonyl (C=O) groups excluding carboxylic acids is 2. The molecule has 0 saturated heterocycles. The summed E-state index contributed by atoms with van der Waals surface area (Å²) in [6.45, 7) is 3.14. The number of nitrogens with one attached hydrogen (secondary N) is 3. The maximum atomic E-state index is 13.2. The van der Waals surface area contributed by atoms with Gasteiger partial charge in [0, 0.05) is 36.0 Å². The number of hydrogen-bond acceptors (Lipinski definition) is 5. The number of rotatable bonds is 8. The molecule has 7 heteroatoms. The van der Waals surface area contributed by atoms with Crippen LogP contribution in [0.2, 0.25) is 0 Å². The maximum absolute atomic E-state index is 13.2. The monoisotopic (exact) mass is 453 g/mol. The van der Waals surface area contributed by atoms with Crippen LogP contribution < -0.4 is 16.0 Å². The Hall–Kier alpha value is -2.38. The molecule has 1 aromatic heterocycles. The number of anilines is 2. The van der Waals surface area contributed by atoms with E-state index in [1.54, 1.807) is 0 Å². The third kappa shape index (κ3) is 4.84.